The van der Waals surface area contributed by atoms with Gasteiger partial charge in [0, 0.05) is 0 Å². The Morgan fingerprint density at radius 3 is 1.67 bits per heavy atom. The summed E-state index contributed by atoms with van der Waals surface area (Å²) in [6.07, 6.45) is 3.54. The van der Waals surface area contributed by atoms with Crippen molar-refractivity contribution in [2.75, 3.05) is 19.5 Å². The van der Waals surface area contributed by atoms with Crippen molar-refractivity contribution in [1.82, 2.24) is 0 Å². The molecule has 0 heterocycles. The molecule has 0 aromatic heterocycles. The molecule has 1 rings (SSSR count). The zero-order valence-electron chi connectivity index (χ0n) is 9.20. The van der Waals surface area contributed by atoms with Crippen LogP contribution in [-0.2, 0) is 12.3 Å². The second-order valence-electron chi connectivity index (χ2n) is 2.82. The predicted molar refractivity (Wildman–Crippen MR) is 73.2 cm³/mol. The molecule has 0 amide bonds. The molecule has 0 aliphatic carbocycles. The maximum Gasteiger partial charge on any atom is -0.172 e. The molecular formula is C10H17Cl3PV-2. The van der Waals surface area contributed by atoms with Gasteiger partial charge >= 0.3 is 41.8 Å². The molecule has 0 aliphatic heterocycles. The van der Waals surface area contributed by atoms with Crippen LogP contribution in [-0.4, -0.2) is 19.5 Å². The van der Waals surface area contributed by atoms with Gasteiger partial charge in [0.1, 0.15) is 0 Å². The Kier molecular flexibility index (Phi) is 18.9. The second-order valence-corrected chi connectivity index (χ2v) is 12.3. The summed E-state index contributed by atoms with van der Waals surface area (Å²) < 4.78 is 0. The smallest absolute Gasteiger partial charge is 0.172 e. The fraction of sp³-hybridized carbons (Fsp3) is 0.400. The first-order valence-electron chi connectivity index (χ1n) is 4.37. The van der Waals surface area contributed by atoms with Gasteiger partial charge in [-0.2, -0.15) is 31.3 Å². The van der Waals surface area contributed by atoms with Gasteiger partial charge in [0.15, 0.2) is 0 Å². The average Bonchev–Trinajstić information content (AvgIpc) is 2.58. The zero-order chi connectivity index (χ0) is 12.1. The van der Waals surface area contributed by atoms with Crippen LogP contribution in [0.4, 0.5) is 0 Å². The minimum absolute atomic E-state index is 0.344. The van der Waals surface area contributed by atoms with E-state index in [-0.39, 0.29) is 0 Å². The normalized spacial score (nSPS) is 9.07. The summed E-state index contributed by atoms with van der Waals surface area (Å²) in [7, 11) is 15.2. The molecule has 0 atom stereocenters. The molecule has 0 N–H and O–H groups in total. The third-order valence-corrected chi connectivity index (χ3v) is 2.20. The molecule has 0 radical (unpaired) electrons. The molecule has 0 aliphatic rings. The molecule has 90 valence electrons. The first-order chi connectivity index (χ1) is 7.00. The Balaban J connectivity index is 0. The van der Waals surface area contributed by atoms with Crippen LogP contribution in [0.5, 0.6) is 0 Å². The summed E-state index contributed by atoms with van der Waals surface area (Å²) in [5.74, 6) is 0. The molecule has 0 saturated heterocycles. The van der Waals surface area contributed by atoms with Crippen LogP contribution < -0.4 is 0 Å². The van der Waals surface area contributed by atoms with Gasteiger partial charge in [-0.3, -0.25) is 0 Å². The second kappa shape index (κ2) is 15.2. The summed E-state index contributed by atoms with van der Waals surface area (Å²) >= 11 is -1.77. The average molecular weight is 326 g/mol. The largest absolute Gasteiger partial charge is 0.214 e. The Morgan fingerprint density at radius 1 is 1.20 bits per heavy atom. The van der Waals surface area contributed by atoms with Gasteiger partial charge in [0.25, 0.3) is 0 Å². The van der Waals surface area contributed by atoms with E-state index in [9.17, 15) is 0 Å². The summed E-state index contributed by atoms with van der Waals surface area (Å²) in [6, 6.07) is 10.0. The van der Waals surface area contributed by atoms with Gasteiger partial charge in [0.2, 0.25) is 0 Å². The van der Waals surface area contributed by atoms with Crippen molar-refractivity contribution in [2.24, 2.45) is 0 Å². The van der Waals surface area contributed by atoms with Gasteiger partial charge in [0.05, 0.1) is 0 Å². The molecule has 0 spiro atoms. The molecule has 0 bridgehead atoms. The van der Waals surface area contributed by atoms with Gasteiger partial charge < -0.3 is 6.42 Å². The predicted octanol–water partition coefficient (Wildman–Crippen LogP) is 5.42. The molecule has 5 heteroatoms. The maximum atomic E-state index is 4.95. The third kappa shape index (κ3) is 31.3. The van der Waals surface area contributed by atoms with Crippen molar-refractivity contribution < 1.29 is 12.3 Å². The topological polar surface area (TPSA) is 0 Å². The van der Waals surface area contributed by atoms with Crippen LogP contribution in [0.2, 0.25) is 0 Å². The van der Waals surface area contributed by atoms with Crippen LogP contribution in [0.25, 0.3) is 0 Å². The van der Waals surface area contributed by atoms with Crippen LogP contribution in [0.15, 0.2) is 30.3 Å². The SMILES string of the molecule is C[CH-]CP(C)C.[Cl][V]([Cl])[Cl].c1cc[cH-]c1. The quantitative estimate of drug-likeness (QED) is 0.503. The van der Waals surface area contributed by atoms with Crippen molar-refractivity contribution >= 4 is 37.5 Å². The van der Waals surface area contributed by atoms with Crippen molar-refractivity contribution in [3.63, 3.8) is 0 Å². The van der Waals surface area contributed by atoms with Crippen molar-refractivity contribution in [3.05, 3.63) is 36.8 Å². The van der Waals surface area contributed by atoms with Gasteiger partial charge in [-0.05, 0) is 13.3 Å². The Bertz CT molecular complexity index is 159. The molecule has 1 aromatic carbocycles. The summed E-state index contributed by atoms with van der Waals surface area (Å²) in [6.45, 7) is 6.69. The van der Waals surface area contributed by atoms with Gasteiger partial charge in [-0.15, -0.1) is 7.92 Å². The van der Waals surface area contributed by atoms with E-state index in [1.165, 1.54) is 6.16 Å². The number of rotatable bonds is 2. The van der Waals surface area contributed by atoms with Crippen molar-refractivity contribution in [2.45, 2.75) is 6.92 Å². The molecular weight excluding hydrogens is 308 g/mol. The van der Waals surface area contributed by atoms with Gasteiger partial charge in [-0.25, -0.2) is 12.1 Å². The minimum Gasteiger partial charge on any atom is -0.214 e. The summed E-state index contributed by atoms with van der Waals surface area (Å²) in [5, 5.41) is 0. The minimum atomic E-state index is -1.77. The van der Waals surface area contributed by atoms with E-state index in [1.54, 1.807) is 0 Å². The number of hydrogen-bond donors (Lipinski definition) is 0. The monoisotopic (exact) mass is 324 g/mol. The number of hydrogen-bond acceptors (Lipinski definition) is 0. The maximum absolute atomic E-state index is 4.95. The van der Waals surface area contributed by atoms with E-state index in [4.69, 9.17) is 29.5 Å². The Morgan fingerprint density at radius 2 is 1.60 bits per heavy atom. The molecule has 0 saturated carbocycles. The third-order valence-electron chi connectivity index (χ3n) is 1.10. The van der Waals surface area contributed by atoms with Crippen molar-refractivity contribution in [1.29, 1.82) is 0 Å². The van der Waals surface area contributed by atoms with E-state index in [0.717, 1.165) is 0 Å². The van der Waals surface area contributed by atoms with E-state index in [0.29, 0.717) is 7.92 Å². The van der Waals surface area contributed by atoms with Crippen LogP contribution in [0.1, 0.15) is 6.92 Å². The summed E-state index contributed by atoms with van der Waals surface area (Å²) in [5.41, 5.74) is 0. The van der Waals surface area contributed by atoms with Crippen LogP contribution in [0.3, 0.4) is 0 Å². The van der Waals surface area contributed by atoms with Crippen LogP contribution >= 0.6 is 37.5 Å². The van der Waals surface area contributed by atoms with E-state index < -0.39 is 12.3 Å². The van der Waals surface area contributed by atoms with Crippen LogP contribution in [0, 0.1) is 6.42 Å². The van der Waals surface area contributed by atoms with Crippen molar-refractivity contribution in [3.8, 4) is 0 Å². The molecule has 15 heavy (non-hydrogen) atoms. The first-order valence-corrected chi connectivity index (χ1v) is 12.6. The molecule has 0 fully saturated rings. The zero-order valence-corrected chi connectivity index (χ0v) is 13.8. The fourth-order valence-electron chi connectivity index (χ4n) is 0.686. The summed E-state index contributed by atoms with van der Waals surface area (Å²) in [4.78, 5) is 0. The Labute approximate surface area is 112 Å². The number of halogens is 3. The molecule has 0 unspecified atom stereocenters. The Hall–Kier alpha value is 1.23. The fourth-order valence-corrected chi connectivity index (χ4v) is 1.42. The van der Waals surface area contributed by atoms with Gasteiger partial charge in [-0.1, -0.05) is 0 Å². The van der Waals surface area contributed by atoms with E-state index in [2.05, 4.69) is 26.7 Å². The standard InChI is InChI=1S/C5H12P.C5H5.3ClH.V/c1-4-5-6(2)3;1-2-4-5-3-1;;;;/h4H,5H2,1-3H3;1-5H;3*1H;/q2*-1;;;;+3/p-3. The first kappa shape index (κ1) is 18.6. The van der Waals surface area contributed by atoms with E-state index >= 15 is 0 Å². The van der Waals surface area contributed by atoms with E-state index in [1.807, 2.05) is 30.3 Å². The molecule has 1 aromatic rings. The molecule has 0 nitrogen and oxygen atoms in total.